The standard InChI is InChI=1S/C5H12S2/c1-5(7-2)3-4-6/h5-6H,3-4H2,1-2H3. The van der Waals surface area contributed by atoms with Crippen LogP contribution < -0.4 is 0 Å². The highest BCUT2D eigenvalue weighted by Gasteiger charge is 1.93. The Morgan fingerprint density at radius 2 is 2.29 bits per heavy atom. The van der Waals surface area contributed by atoms with Crippen molar-refractivity contribution in [2.75, 3.05) is 12.0 Å². The lowest BCUT2D eigenvalue weighted by atomic mass is 10.4. The van der Waals surface area contributed by atoms with E-state index in [1.54, 1.807) is 0 Å². The Labute approximate surface area is 55.5 Å². The molecule has 0 spiro atoms. The fourth-order valence-electron chi connectivity index (χ4n) is 0.300. The van der Waals surface area contributed by atoms with Gasteiger partial charge in [-0.15, -0.1) is 0 Å². The molecule has 0 aromatic heterocycles. The molecule has 0 N–H and O–H groups in total. The van der Waals surface area contributed by atoms with Crippen LogP contribution >= 0.6 is 24.4 Å². The quantitative estimate of drug-likeness (QED) is 0.579. The third-order valence-corrected chi connectivity index (χ3v) is 2.24. The smallest absolute Gasteiger partial charge is 0.00236 e. The van der Waals surface area contributed by atoms with Crippen molar-refractivity contribution in [2.24, 2.45) is 0 Å². The molecule has 0 amide bonds. The minimum atomic E-state index is 0.789. The zero-order valence-corrected chi connectivity index (χ0v) is 6.56. The molecule has 0 aromatic rings. The molecule has 2 heteroatoms. The van der Waals surface area contributed by atoms with E-state index in [-0.39, 0.29) is 0 Å². The molecule has 0 aliphatic heterocycles. The van der Waals surface area contributed by atoms with Gasteiger partial charge in [0.25, 0.3) is 0 Å². The van der Waals surface area contributed by atoms with Crippen LogP contribution in [0, 0.1) is 0 Å². The Hall–Kier alpha value is 0.700. The predicted molar refractivity (Wildman–Crippen MR) is 41.4 cm³/mol. The first-order valence-electron chi connectivity index (χ1n) is 2.45. The van der Waals surface area contributed by atoms with Crippen LogP contribution in [0.2, 0.25) is 0 Å². The largest absolute Gasteiger partial charge is 0.179 e. The van der Waals surface area contributed by atoms with Crippen LogP contribution in [0.15, 0.2) is 0 Å². The Balaban J connectivity index is 2.83. The van der Waals surface area contributed by atoms with Crippen molar-refractivity contribution >= 4 is 24.4 Å². The maximum absolute atomic E-state index is 4.10. The summed E-state index contributed by atoms with van der Waals surface area (Å²) in [5.41, 5.74) is 0. The summed E-state index contributed by atoms with van der Waals surface area (Å²) < 4.78 is 0. The van der Waals surface area contributed by atoms with E-state index in [0.717, 1.165) is 11.0 Å². The Morgan fingerprint density at radius 3 is 2.43 bits per heavy atom. The minimum absolute atomic E-state index is 0.789. The average Bonchev–Trinajstić information content (AvgIpc) is 1.68. The van der Waals surface area contributed by atoms with Gasteiger partial charge >= 0.3 is 0 Å². The van der Waals surface area contributed by atoms with Gasteiger partial charge in [0.15, 0.2) is 0 Å². The lowest BCUT2D eigenvalue weighted by Crippen LogP contribution is -1.93. The molecule has 0 saturated heterocycles. The van der Waals surface area contributed by atoms with E-state index in [4.69, 9.17) is 0 Å². The molecule has 0 aromatic carbocycles. The molecule has 0 radical (unpaired) electrons. The SMILES string of the molecule is CSC(C)CCS. The number of rotatable bonds is 3. The highest BCUT2D eigenvalue weighted by Crippen LogP contribution is 2.08. The van der Waals surface area contributed by atoms with Crippen LogP contribution in [0.4, 0.5) is 0 Å². The van der Waals surface area contributed by atoms with E-state index in [2.05, 4.69) is 25.8 Å². The van der Waals surface area contributed by atoms with Gasteiger partial charge in [0.05, 0.1) is 0 Å². The minimum Gasteiger partial charge on any atom is -0.179 e. The predicted octanol–water partition coefficient (Wildman–Crippen LogP) is 2.06. The van der Waals surface area contributed by atoms with Gasteiger partial charge in [-0.25, -0.2) is 0 Å². The average molecular weight is 136 g/mol. The maximum atomic E-state index is 4.10. The lowest BCUT2D eigenvalue weighted by Gasteiger charge is -2.01. The molecule has 0 saturated carbocycles. The Bertz CT molecular complexity index is 37.1. The highest BCUT2D eigenvalue weighted by atomic mass is 32.2. The van der Waals surface area contributed by atoms with Crippen LogP contribution in [-0.2, 0) is 0 Å². The molecule has 7 heavy (non-hydrogen) atoms. The number of thioether (sulfide) groups is 1. The molecule has 1 atom stereocenters. The molecule has 0 fully saturated rings. The summed E-state index contributed by atoms with van der Waals surface area (Å²) in [6.45, 7) is 2.22. The van der Waals surface area contributed by atoms with Crippen LogP contribution in [0.1, 0.15) is 13.3 Å². The fraction of sp³-hybridized carbons (Fsp3) is 1.00. The van der Waals surface area contributed by atoms with E-state index in [1.165, 1.54) is 6.42 Å². The topological polar surface area (TPSA) is 0 Å². The maximum Gasteiger partial charge on any atom is 0.00236 e. The van der Waals surface area contributed by atoms with E-state index in [1.807, 2.05) is 11.8 Å². The van der Waals surface area contributed by atoms with Crippen molar-refractivity contribution in [1.82, 2.24) is 0 Å². The molecule has 0 aliphatic rings. The lowest BCUT2D eigenvalue weighted by molar-refractivity contribution is 0.922. The second kappa shape index (κ2) is 4.85. The summed E-state index contributed by atoms with van der Waals surface area (Å²) in [7, 11) is 0. The molecule has 1 unspecified atom stereocenters. The molecular weight excluding hydrogens is 124 g/mol. The first-order chi connectivity index (χ1) is 3.31. The van der Waals surface area contributed by atoms with Crippen LogP contribution in [0.25, 0.3) is 0 Å². The number of thiol groups is 1. The fourth-order valence-corrected chi connectivity index (χ4v) is 1.22. The molecule has 0 rings (SSSR count). The molecule has 0 heterocycles. The van der Waals surface area contributed by atoms with Crippen molar-refractivity contribution in [2.45, 2.75) is 18.6 Å². The first-order valence-corrected chi connectivity index (χ1v) is 4.37. The van der Waals surface area contributed by atoms with Crippen LogP contribution in [-0.4, -0.2) is 17.3 Å². The van der Waals surface area contributed by atoms with Crippen molar-refractivity contribution in [3.8, 4) is 0 Å². The van der Waals surface area contributed by atoms with Gasteiger partial charge in [-0.1, -0.05) is 6.92 Å². The van der Waals surface area contributed by atoms with Gasteiger partial charge in [0.2, 0.25) is 0 Å². The summed E-state index contributed by atoms with van der Waals surface area (Å²) in [5, 5.41) is 0.789. The van der Waals surface area contributed by atoms with Crippen molar-refractivity contribution in [3.05, 3.63) is 0 Å². The normalized spacial score (nSPS) is 14.1. The van der Waals surface area contributed by atoms with E-state index in [0.29, 0.717) is 0 Å². The van der Waals surface area contributed by atoms with Crippen molar-refractivity contribution < 1.29 is 0 Å². The van der Waals surface area contributed by atoms with E-state index in [9.17, 15) is 0 Å². The van der Waals surface area contributed by atoms with Crippen LogP contribution in [0.3, 0.4) is 0 Å². The Kier molecular flexibility index (Phi) is 5.33. The molecule has 0 aliphatic carbocycles. The zero-order valence-electron chi connectivity index (χ0n) is 4.85. The Morgan fingerprint density at radius 1 is 1.71 bits per heavy atom. The second-order valence-corrected chi connectivity index (χ2v) is 3.28. The molecule has 0 nitrogen and oxygen atoms in total. The van der Waals surface area contributed by atoms with E-state index >= 15 is 0 Å². The molecule has 0 bridgehead atoms. The second-order valence-electron chi connectivity index (χ2n) is 1.56. The number of hydrogen-bond donors (Lipinski definition) is 1. The third-order valence-electron chi connectivity index (χ3n) is 0.938. The first kappa shape index (κ1) is 7.70. The van der Waals surface area contributed by atoms with Gasteiger partial charge in [-0.05, 0) is 18.4 Å². The number of hydrogen-bond acceptors (Lipinski definition) is 2. The summed E-state index contributed by atoms with van der Waals surface area (Å²) in [6, 6.07) is 0. The van der Waals surface area contributed by atoms with E-state index < -0.39 is 0 Å². The van der Waals surface area contributed by atoms with Crippen molar-refractivity contribution in [1.29, 1.82) is 0 Å². The molecular formula is C5H12S2. The highest BCUT2D eigenvalue weighted by molar-refractivity contribution is 7.99. The summed E-state index contributed by atoms with van der Waals surface area (Å²) >= 11 is 6.00. The monoisotopic (exact) mass is 136 g/mol. The van der Waals surface area contributed by atoms with Gasteiger partial charge < -0.3 is 0 Å². The third kappa shape index (κ3) is 4.56. The van der Waals surface area contributed by atoms with Gasteiger partial charge in [-0.2, -0.15) is 24.4 Å². The zero-order chi connectivity index (χ0) is 5.70. The van der Waals surface area contributed by atoms with Crippen LogP contribution in [0.5, 0.6) is 0 Å². The van der Waals surface area contributed by atoms with Gasteiger partial charge in [-0.3, -0.25) is 0 Å². The van der Waals surface area contributed by atoms with Gasteiger partial charge in [0.1, 0.15) is 0 Å². The summed E-state index contributed by atoms with van der Waals surface area (Å²) in [4.78, 5) is 0. The molecule has 44 valence electrons. The summed E-state index contributed by atoms with van der Waals surface area (Å²) in [6.07, 6.45) is 3.36. The summed E-state index contributed by atoms with van der Waals surface area (Å²) in [5.74, 6) is 1.02. The van der Waals surface area contributed by atoms with Gasteiger partial charge in [0, 0.05) is 5.25 Å². The van der Waals surface area contributed by atoms with Crippen molar-refractivity contribution in [3.63, 3.8) is 0 Å².